The molecule has 0 aromatic heterocycles. The number of benzene rings is 1. The molecule has 0 aliphatic heterocycles. The van der Waals surface area contributed by atoms with E-state index in [1.165, 1.54) is 12.1 Å². The highest BCUT2D eigenvalue weighted by Gasteiger charge is 2.11. The van der Waals surface area contributed by atoms with Crippen LogP contribution in [0.3, 0.4) is 0 Å². The molecule has 108 valence electrons. The highest BCUT2D eigenvalue weighted by molar-refractivity contribution is 7.84. The minimum absolute atomic E-state index is 0.0714. The van der Waals surface area contributed by atoms with Gasteiger partial charge < -0.3 is 10.4 Å². The van der Waals surface area contributed by atoms with Crippen molar-refractivity contribution in [3.05, 3.63) is 35.1 Å². The number of carbonyl (C=O) groups is 1. The van der Waals surface area contributed by atoms with E-state index in [-0.39, 0.29) is 25.1 Å². The maximum atomic E-state index is 13.2. The molecule has 6 heteroatoms. The Labute approximate surface area is 119 Å². The summed E-state index contributed by atoms with van der Waals surface area (Å²) in [6.45, 7) is 0.181. The molecule has 2 N–H and O–H groups in total. The minimum atomic E-state index is -0.999. The summed E-state index contributed by atoms with van der Waals surface area (Å²) in [7, 11) is -0.999. The summed E-state index contributed by atoms with van der Waals surface area (Å²) < 4.78 is 24.1. The van der Waals surface area contributed by atoms with Gasteiger partial charge in [0.05, 0.1) is 12.2 Å². The number of hydrogen-bond acceptors (Lipinski definition) is 3. The zero-order chi connectivity index (χ0) is 15.0. The third-order valence-corrected chi connectivity index (χ3v) is 3.14. The highest BCUT2D eigenvalue weighted by Crippen LogP contribution is 2.10. The van der Waals surface area contributed by atoms with E-state index in [0.717, 1.165) is 6.07 Å². The maximum Gasteiger partial charge on any atom is 0.252 e. The first kappa shape index (κ1) is 16.3. The van der Waals surface area contributed by atoms with Crippen molar-refractivity contribution >= 4 is 16.7 Å². The number of nitrogens with one attached hydrogen (secondary N) is 1. The molecule has 1 atom stereocenters. The Bertz CT molecular complexity index is 563. The lowest BCUT2D eigenvalue weighted by atomic mass is 10.1. The molecular weight excluding hydrogens is 281 g/mol. The summed E-state index contributed by atoms with van der Waals surface area (Å²) in [5.74, 6) is 4.77. The molecule has 0 saturated heterocycles. The Kier molecular flexibility index (Phi) is 6.91. The van der Waals surface area contributed by atoms with E-state index in [1.54, 1.807) is 6.26 Å². The molecule has 0 radical (unpaired) electrons. The molecule has 0 aliphatic rings. The Morgan fingerprint density at radius 2 is 2.25 bits per heavy atom. The lowest BCUT2D eigenvalue weighted by molar-refractivity contribution is 0.0955. The van der Waals surface area contributed by atoms with Crippen molar-refractivity contribution in [2.75, 3.05) is 25.2 Å². The average Bonchev–Trinajstić information content (AvgIpc) is 2.40. The fourth-order valence-corrected chi connectivity index (χ4v) is 1.82. The molecular formula is C14H16FNO3S. The van der Waals surface area contributed by atoms with Gasteiger partial charge in [0.1, 0.15) is 5.82 Å². The number of rotatable bonds is 5. The summed E-state index contributed by atoms with van der Waals surface area (Å²) in [6.07, 6.45) is 1.83. The zero-order valence-electron chi connectivity index (χ0n) is 11.1. The van der Waals surface area contributed by atoms with Crippen molar-refractivity contribution in [1.29, 1.82) is 0 Å². The van der Waals surface area contributed by atoms with E-state index in [0.29, 0.717) is 11.3 Å². The minimum Gasteiger partial charge on any atom is -0.395 e. The van der Waals surface area contributed by atoms with Crippen molar-refractivity contribution in [2.45, 2.75) is 6.42 Å². The fraction of sp³-hybridized carbons (Fsp3) is 0.357. The van der Waals surface area contributed by atoms with Gasteiger partial charge in [-0.2, -0.15) is 0 Å². The Morgan fingerprint density at radius 1 is 1.50 bits per heavy atom. The van der Waals surface area contributed by atoms with E-state index in [2.05, 4.69) is 17.2 Å². The quantitative estimate of drug-likeness (QED) is 0.785. The van der Waals surface area contributed by atoms with Gasteiger partial charge in [0.2, 0.25) is 0 Å². The largest absolute Gasteiger partial charge is 0.395 e. The third kappa shape index (κ3) is 5.51. The van der Waals surface area contributed by atoms with Crippen LogP contribution in [0.4, 0.5) is 4.39 Å². The molecule has 0 saturated carbocycles. The summed E-state index contributed by atoms with van der Waals surface area (Å²) in [4.78, 5) is 11.9. The standard InChI is InChI=1S/C14H16FNO3S/c1-20(19)9-7-16-14(18)13-10-12(15)6-5-11(13)4-2-3-8-17/h5-6,10,17H,3,7-9H2,1H3,(H,16,18). The summed E-state index contributed by atoms with van der Waals surface area (Å²) >= 11 is 0. The Morgan fingerprint density at radius 3 is 2.90 bits per heavy atom. The van der Waals surface area contributed by atoms with Crippen LogP contribution in [0.15, 0.2) is 18.2 Å². The number of halogens is 1. The third-order valence-electron chi connectivity index (χ3n) is 2.36. The monoisotopic (exact) mass is 297 g/mol. The molecule has 0 spiro atoms. The molecule has 0 bridgehead atoms. The van der Waals surface area contributed by atoms with Crippen molar-refractivity contribution in [3.8, 4) is 11.8 Å². The molecule has 1 amide bonds. The number of carbonyl (C=O) groups excluding carboxylic acids is 1. The van der Waals surface area contributed by atoms with Crippen molar-refractivity contribution < 1.29 is 18.5 Å². The number of hydrogen-bond donors (Lipinski definition) is 2. The lowest BCUT2D eigenvalue weighted by Crippen LogP contribution is -2.28. The van der Waals surface area contributed by atoms with Gasteiger partial charge in [-0.05, 0) is 18.2 Å². The molecule has 20 heavy (non-hydrogen) atoms. The second-order valence-corrected chi connectivity index (χ2v) is 5.55. The molecule has 1 unspecified atom stereocenters. The van der Waals surface area contributed by atoms with Gasteiger partial charge in [-0.1, -0.05) is 11.8 Å². The van der Waals surface area contributed by atoms with E-state index < -0.39 is 22.5 Å². The SMILES string of the molecule is CS(=O)CCNC(=O)c1cc(F)ccc1C#CCCO. The molecule has 1 aromatic carbocycles. The Hall–Kier alpha value is -1.71. The van der Waals surface area contributed by atoms with E-state index in [1.807, 2.05) is 0 Å². The second-order valence-electron chi connectivity index (χ2n) is 4.00. The van der Waals surface area contributed by atoms with Crippen LogP contribution in [0, 0.1) is 17.7 Å². The topological polar surface area (TPSA) is 66.4 Å². The summed E-state index contributed by atoms with van der Waals surface area (Å²) in [5.41, 5.74) is 0.535. The molecule has 0 fully saturated rings. The molecule has 1 rings (SSSR count). The fourth-order valence-electron chi connectivity index (χ4n) is 1.43. The van der Waals surface area contributed by atoms with Crippen LogP contribution in [0.2, 0.25) is 0 Å². The first-order valence-electron chi connectivity index (χ1n) is 6.02. The van der Waals surface area contributed by atoms with Gasteiger partial charge in [-0.3, -0.25) is 9.00 Å². The molecule has 0 aliphatic carbocycles. The van der Waals surface area contributed by atoms with Crippen LogP contribution >= 0.6 is 0 Å². The molecule has 1 aromatic rings. The molecule has 4 nitrogen and oxygen atoms in total. The van der Waals surface area contributed by atoms with Crippen LogP contribution < -0.4 is 5.32 Å². The highest BCUT2D eigenvalue weighted by atomic mass is 32.2. The molecule has 0 heterocycles. The second kappa shape index (κ2) is 8.46. The van der Waals surface area contributed by atoms with Crippen molar-refractivity contribution in [1.82, 2.24) is 5.32 Å². The van der Waals surface area contributed by atoms with Gasteiger partial charge in [-0.25, -0.2) is 4.39 Å². The number of aliphatic hydroxyl groups is 1. The van der Waals surface area contributed by atoms with Gasteiger partial charge in [-0.15, -0.1) is 0 Å². The van der Waals surface area contributed by atoms with Crippen LogP contribution in [0.5, 0.6) is 0 Å². The van der Waals surface area contributed by atoms with Crippen molar-refractivity contribution in [3.63, 3.8) is 0 Å². The normalized spacial score (nSPS) is 11.3. The van der Waals surface area contributed by atoms with Crippen LogP contribution in [0.25, 0.3) is 0 Å². The van der Waals surface area contributed by atoms with Crippen LogP contribution in [-0.4, -0.2) is 40.4 Å². The Balaban J connectivity index is 2.86. The predicted molar refractivity (Wildman–Crippen MR) is 76.2 cm³/mol. The first-order chi connectivity index (χ1) is 9.54. The zero-order valence-corrected chi connectivity index (χ0v) is 11.9. The smallest absolute Gasteiger partial charge is 0.252 e. The van der Waals surface area contributed by atoms with Gasteiger partial charge in [0.15, 0.2) is 0 Å². The van der Waals surface area contributed by atoms with E-state index >= 15 is 0 Å². The van der Waals surface area contributed by atoms with Gasteiger partial charge in [0.25, 0.3) is 5.91 Å². The van der Waals surface area contributed by atoms with E-state index in [9.17, 15) is 13.4 Å². The van der Waals surface area contributed by atoms with E-state index in [4.69, 9.17) is 5.11 Å². The first-order valence-corrected chi connectivity index (χ1v) is 7.75. The van der Waals surface area contributed by atoms with Crippen LogP contribution in [-0.2, 0) is 10.8 Å². The average molecular weight is 297 g/mol. The summed E-state index contributed by atoms with van der Waals surface area (Å²) in [6, 6.07) is 3.76. The van der Waals surface area contributed by atoms with Gasteiger partial charge in [0, 0.05) is 41.3 Å². The number of aliphatic hydroxyl groups excluding tert-OH is 1. The van der Waals surface area contributed by atoms with Crippen molar-refractivity contribution in [2.24, 2.45) is 0 Å². The van der Waals surface area contributed by atoms with Crippen LogP contribution in [0.1, 0.15) is 22.3 Å². The van der Waals surface area contributed by atoms with Gasteiger partial charge >= 0.3 is 0 Å². The maximum absolute atomic E-state index is 13.2. The number of amides is 1. The lowest BCUT2D eigenvalue weighted by Gasteiger charge is -2.06. The predicted octanol–water partition coefficient (Wildman–Crippen LogP) is 0.668. The summed E-state index contributed by atoms with van der Waals surface area (Å²) in [5, 5.41) is 11.2.